The van der Waals surface area contributed by atoms with Gasteiger partial charge in [-0.05, 0) is 48.6 Å². The highest BCUT2D eigenvalue weighted by Gasteiger charge is 2.25. The van der Waals surface area contributed by atoms with Crippen molar-refractivity contribution in [3.63, 3.8) is 0 Å². The summed E-state index contributed by atoms with van der Waals surface area (Å²) in [4.78, 5) is 28.4. The van der Waals surface area contributed by atoms with Crippen molar-refractivity contribution in [2.24, 2.45) is 11.7 Å². The second kappa shape index (κ2) is 8.58. The molecule has 2 atom stereocenters. The zero-order chi connectivity index (χ0) is 18.4. The first kappa shape index (κ1) is 18.1. The number of carbonyl (C=O) groups excluding carboxylic acids is 2. The summed E-state index contributed by atoms with van der Waals surface area (Å²) in [7, 11) is 0. The lowest BCUT2D eigenvalue weighted by Gasteiger charge is -2.15. The molecule has 2 amide bonds. The van der Waals surface area contributed by atoms with Crippen LogP contribution in [0, 0.1) is 5.92 Å². The molecule has 1 heterocycles. The molecule has 6 heteroatoms. The highest BCUT2D eigenvalue weighted by atomic mass is 16.2. The van der Waals surface area contributed by atoms with Crippen molar-refractivity contribution >= 4 is 17.5 Å². The monoisotopic (exact) mass is 352 g/mol. The second-order valence-corrected chi connectivity index (χ2v) is 6.73. The number of carbonyl (C=O) groups is 2. The molecule has 1 aromatic heterocycles. The van der Waals surface area contributed by atoms with Gasteiger partial charge in [-0.25, -0.2) is 0 Å². The van der Waals surface area contributed by atoms with Crippen LogP contribution in [-0.4, -0.2) is 22.8 Å². The van der Waals surface area contributed by atoms with Gasteiger partial charge in [-0.1, -0.05) is 18.6 Å². The van der Waals surface area contributed by atoms with E-state index in [0.29, 0.717) is 24.2 Å². The molecule has 0 bridgehead atoms. The normalized spacial score (nSPS) is 19.1. The molecule has 1 aliphatic carbocycles. The van der Waals surface area contributed by atoms with Crippen LogP contribution >= 0.6 is 0 Å². The van der Waals surface area contributed by atoms with E-state index < -0.39 is 0 Å². The lowest BCUT2D eigenvalue weighted by atomic mass is 10.00. The van der Waals surface area contributed by atoms with Gasteiger partial charge in [-0.3, -0.25) is 14.6 Å². The smallest absolute Gasteiger partial charge is 0.255 e. The number of nitrogens with zero attached hydrogens (tertiary/aromatic N) is 1. The van der Waals surface area contributed by atoms with Gasteiger partial charge in [0.1, 0.15) is 0 Å². The van der Waals surface area contributed by atoms with Crippen molar-refractivity contribution in [1.82, 2.24) is 10.3 Å². The van der Waals surface area contributed by atoms with Crippen molar-refractivity contribution in [3.8, 4) is 0 Å². The molecule has 2 aromatic rings. The fraction of sp³-hybridized carbons (Fsp3) is 0.350. The van der Waals surface area contributed by atoms with E-state index in [-0.39, 0.29) is 23.8 Å². The van der Waals surface area contributed by atoms with Crippen LogP contribution in [0.15, 0.2) is 48.8 Å². The minimum Gasteiger partial charge on any atom is -0.352 e. The van der Waals surface area contributed by atoms with Crippen molar-refractivity contribution in [2.45, 2.75) is 38.3 Å². The Bertz CT molecular complexity index is 763. The molecule has 1 saturated carbocycles. The molecule has 6 nitrogen and oxygen atoms in total. The Morgan fingerprint density at radius 3 is 2.69 bits per heavy atom. The van der Waals surface area contributed by atoms with E-state index in [2.05, 4.69) is 15.6 Å². The maximum absolute atomic E-state index is 12.3. The minimum absolute atomic E-state index is 0.0130. The summed E-state index contributed by atoms with van der Waals surface area (Å²) >= 11 is 0. The number of hydrogen-bond acceptors (Lipinski definition) is 4. The average molecular weight is 352 g/mol. The molecule has 1 aliphatic rings. The fourth-order valence-corrected chi connectivity index (χ4v) is 3.29. The zero-order valence-electron chi connectivity index (χ0n) is 14.7. The van der Waals surface area contributed by atoms with Crippen molar-refractivity contribution in [3.05, 3.63) is 59.9 Å². The Hall–Kier alpha value is -2.73. The number of nitrogens with one attached hydrogen (secondary N) is 2. The van der Waals surface area contributed by atoms with E-state index in [0.717, 1.165) is 24.8 Å². The first-order valence-electron chi connectivity index (χ1n) is 8.94. The molecule has 3 rings (SSSR count). The summed E-state index contributed by atoms with van der Waals surface area (Å²) < 4.78 is 0. The summed E-state index contributed by atoms with van der Waals surface area (Å²) in [5.41, 5.74) is 8.15. The van der Waals surface area contributed by atoms with Crippen LogP contribution in [0.1, 0.15) is 41.6 Å². The first-order chi connectivity index (χ1) is 12.6. The van der Waals surface area contributed by atoms with Gasteiger partial charge < -0.3 is 16.4 Å². The minimum atomic E-state index is -0.193. The zero-order valence-corrected chi connectivity index (χ0v) is 14.7. The van der Waals surface area contributed by atoms with Gasteiger partial charge in [0.05, 0.1) is 0 Å². The Labute approximate surface area is 153 Å². The standard InChI is InChI=1S/C20H24N4O2/c21-18-6-2-4-15(18)12-19(25)23-13-14-3-1-5-16(11-14)20(26)24-17-7-9-22-10-8-17/h1,3,5,7-11,15,18H,2,4,6,12-13,21H2,(H,23,25)(H,22,24,26)/t15-,18+/m0/s1. The van der Waals surface area contributed by atoms with Gasteiger partial charge in [0.2, 0.25) is 5.91 Å². The van der Waals surface area contributed by atoms with E-state index in [1.54, 1.807) is 36.7 Å². The number of anilines is 1. The summed E-state index contributed by atoms with van der Waals surface area (Å²) in [5, 5.41) is 5.75. The largest absolute Gasteiger partial charge is 0.352 e. The highest BCUT2D eigenvalue weighted by Crippen LogP contribution is 2.26. The van der Waals surface area contributed by atoms with Crippen LogP contribution in [0.4, 0.5) is 5.69 Å². The van der Waals surface area contributed by atoms with Crippen LogP contribution in [-0.2, 0) is 11.3 Å². The number of nitrogens with two attached hydrogens (primary N) is 1. The van der Waals surface area contributed by atoms with Crippen molar-refractivity contribution < 1.29 is 9.59 Å². The van der Waals surface area contributed by atoms with Gasteiger partial charge in [-0.15, -0.1) is 0 Å². The molecule has 0 aliphatic heterocycles. The summed E-state index contributed by atoms with van der Waals surface area (Å²) in [6, 6.07) is 10.9. The first-order valence-corrected chi connectivity index (χ1v) is 8.94. The molecular weight excluding hydrogens is 328 g/mol. The SMILES string of the molecule is N[C@@H]1CCC[C@H]1CC(=O)NCc1cccc(C(=O)Nc2ccncc2)c1. The third-order valence-corrected chi connectivity index (χ3v) is 4.78. The van der Waals surface area contributed by atoms with Crippen LogP contribution in [0.3, 0.4) is 0 Å². The molecule has 0 saturated heterocycles. The van der Waals surface area contributed by atoms with Crippen LogP contribution in [0.25, 0.3) is 0 Å². The average Bonchev–Trinajstić information content (AvgIpc) is 3.06. The molecule has 136 valence electrons. The second-order valence-electron chi connectivity index (χ2n) is 6.73. The van der Waals surface area contributed by atoms with E-state index in [4.69, 9.17) is 5.73 Å². The van der Waals surface area contributed by atoms with Crippen molar-refractivity contribution in [1.29, 1.82) is 0 Å². The molecule has 1 fully saturated rings. The summed E-state index contributed by atoms with van der Waals surface area (Å²) in [6.07, 6.45) is 6.86. The van der Waals surface area contributed by atoms with Gasteiger partial charge in [0, 0.05) is 42.7 Å². The highest BCUT2D eigenvalue weighted by molar-refractivity contribution is 6.04. The quantitative estimate of drug-likeness (QED) is 0.744. The predicted octanol–water partition coefficient (Wildman–Crippen LogP) is 2.47. The van der Waals surface area contributed by atoms with Crippen molar-refractivity contribution in [2.75, 3.05) is 5.32 Å². The van der Waals surface area contributed by atoms with E-state index in [1.807, 2.05) is 12.1 Å². The number of amides is 2. The molecule has 0 radical (unpaired) electrons. The maximum Gasteiger partial charge on any atom is 0.255 e. The molecule has 0 unspecified atom stereocenters. The van der Waals surface area contributed by atoms with Gasteiger partial charge >= 0.3 is 0 Å². The van der Waals surface area contributed by atoms with E-state index in [9.17, 15) is 9.59 Å². The number of aromatic nitrogens is 1. The van der Waals surface area contributed by atoms with E-state index in [1.165, 1.54) is 0 Å². The van der Waals surface area contributed by atoms with Gasteiger partial charge in [0.25, 0.3) is 5.91 Å². The third-order valence-electron chi connectivity index (χ3n) is 4.78. The van der Waals surface area contributed by atoms with Crippen LogP contribution < -0.4 is 16.4 Å². The lowest BCUT2D eigenvalue weighted by Crippen LogP contribution is -2.31. The summed E-state index contributed by atoms with van der Waals surface area (Å²) in [5.74, 6) is 0.104. The number of benzene rings is 1. The topological polar surface area (TPSA) is 97.1 Å². The number of rotatable bonds is 6. The number of hydrogen-bond donors (Lipinski definition) is 3. The predicted molar refractivity (Wildman–Crippen MR) is 100 cm³/mol. The van der Waals surface area contributed by atoms with Gasteiger partial charge in [-0.2, -0.15) is 0 Å². The van der Waals surface area contributed by atoms with Gasteiger partial charge in [0.15, 0.2) is 0 Å². The maximum atomic E-state index is 12.3. The number of pyridine rings is 1. The Morgan fingerprint density at radius 2 is 1.96 bits per heavy atom. The molecule has 26 heavy (non-hydrogen) atoms. The summed E-state index contributed by atoms with van der Waals surface area (Å²) in [6.45, 7) is 0.400. The molecule has 4 N–H and O–H groups in total. The van der Waals surface area contributed by atoms with Crippen LogP contribution in [0.5, 0.6) is 0 Å². The Kier molecular flexibility index (Phi) is 5.96. The molecular formula is C20H24N4O2. The Balaban J connectivity index is 1.53. The molecule has 1 aromatic carbocycles. The van der Waals surface area contributed by atoms with E-state index >= 15 is 0 Å². The fourth-order valence-electron chi connectivity index (χ4n) is 3.29. The molecule has 0 spiro atoms. The third kappa shape index (κ3) is 4.89. The Morgan fingerprint density at radius 1 is 1.15 bits per heavy atom. The van der Waals surface area contributed by atoms with Crippen LogP contribution in [0.2, 0.25) is 0 Å². The lowest BCUT2D eigenvalue weighted by molar-refractivity contribution is -0.122.